The van der Waals surface area contributed by atoms with Gasteiger partial charge in [-0.05, 0) is 43.4 Å². The summed E-state index contributed by atoms with van der Waals surface area (Å²) in [4.78, 5) is 13.1. The number of halogens is 1. The smallest absolute Gasteiger partial charge is 0.150 e. The molecule has 2 nitrogen and oxygen atoms in total. The summed E-state index contributed by atoms with van der Waals surface area (Å²) in [6.45, 7) is 7.86. The number of piperidine rings is 1. The van der Waals surface area contributed by atoms with Crippen LogP contribution in [0.25, 0.3) is 0 Å². The Bertz CT molecular complexity index is 446. The molecule has 0 aliphatic carbocycles. The maximum Gasteiger partial charge on any atom is 0.150 e. The second kappa shape index (κ2) is 5.31. The molecule has 18 heavy (non-hydrogen) atoms. The van der Waals surface area contributed by atoms with Crippen molar-refractivity contribution >= 4 is 23.6 Å². The number of hydrogen-bond acceptors (Lipinski definition) is 2. The molecule has 1 saturated heterocycles. The highest BCUT2D eigenvalue weighted by Crippen LogP contribution is 2.35. The summed E-state index contributed by atoms with van der Waals surface area (Å²) in [5.74, 6) is 1.34. The number of benzene rings is 1. The Morgan fingerprint density at radius 3 is 2.67 bits per heavy atom. The van der Waals surface area contributed by atoms with E-state index in [9.17, 15) is 4.79 Å². The quantitative estimate of drug-likeness (QED) is 0.753. The van der Waals surface area contributed by atoms with E-state index in [1.807, 2.05) is 12.1 Å². The van der Waals surface area contributed by atoms with Gasteiger partial charge in [-0.3, -0.25) is 4.79 Å². The van der Waals surface area contributed by atoms with Crippen LogP contribution in [-0.2, 0) is 0 Å². The second-order valence-corrected chi connectivity index (χ2v) is 5.95. The molecule has 0 saturated carbocycles. The Labute approximate surface area is 114 Å². The fraction of sp³-hybridized carbons (Fsp3) is 0.533. The second-order valence-electron chi connectivity index (χ2n) is 5.54. The predicted octanol–water partition coefficient (Wildman–Crippen LogP) is 4.02. The van der Waals surface area contributed by atoms with Gasteiger partial charge in [-0.1, -0.05) is 25.4 Å². The van der Waals surface area contributed by atoms with E-state index in [0.717, 1.165) is 18.5 Å². The molecule has 0 bridgehead atoms. The highest BCUT2D eigenvalue weighted by atomic mass is 35.5. The van der Waals surface area contributed by atoms with Crippen molar-refractivity contribution in [3.8, 4) is 0 Å². The highest BCUT2D eigenvalue weighted by Gasteiger charge is 2.29. The molecule has 0 amide bonds. The summed E-state index contributed by atoms with van der Waals surface area (Å²) in [5.41, 5.74) is 1.68. The van der Waals surface area contributed by atoms with E-state index in [2.05, 4.69) is 25.7 Å². The molecule has 1 fully saturated rings. The van der Waals surface area contributed by atoms with Crippen molar-refractivity contribution in [3.63, 3.8) is 0 Å². The van der Waals surface area contributed by atoms with Crippen LogP contribution < -0.4 is 4.90 Å². The standard InChI is InChI=1S/C15H20ClNO/c1-10-6-11(2)12(3)17(8-10)15-5-4-13(9-18)7-14(15)16/h4-5,7,9-12H,6,8H2,1-3H3. The number of aldehydes is 1. The van der Waals surface area contributed by atoms with E-state index in [-0.39, 0.29) is 0 Å². The van der Waals surface area contributed by atoms with Crippen LogP contribution in [0.5, 0.6) is 0 Å². The molecular formula is C15H20ClNO. The highest BCUT2D eigenvalue weighted by molar-refractivity contribution is 6.33. The molecule has 98 valence electrons. The number of nitrogens with zero attached hydrogens (tertiary/aromatic N) is 1. The summed E-state index contributed by atoms with van der Waals surface area (Å²) in [6.07, 6.45) is 2.10. The number of hydrogen-bond donors (Lipinski definition) is 0. The lowest BCUT2D eigenvalue weighted by Gasteiger charge is -2.43. The molecule has 1 heterocycles. The molecule has 3 atom stereocenters. The summed E-state index contributed by atoms with van der Waals surface area (Å²) >= 11 is 6.30. The molecule has 0 aromatic heterocycles. The average Bonchev–Trinajstić information content (AvgIpc) is 2.34. The Morgan fingerprint density at radius 1 is 1.33 bits per heavy atom. The Kier molecular flexibility index (Phi) is 3.96. The van der Waals surface area contributed by atoms with E-state index in [1.165, 1.54) is 6.42 Å². The van der Waals surface area contributed by atoms with Crippen LogP contribution in [-0.4, -0.2) is 18.9 Å². The van der Waals surface area contributed by atoms with Crippen LogP contribution in [0.3, 0.4) is 0 Å². The first kappa shape index (κ1) is 13.4. The van der Waals surface area contributed by atoms with Crippen LogP contribution in [0.2, 0.25) is 5.02 Å². The van der Waals surface area contributed by atoms with Crippen molar-refractivity contribution in [2.75, 3.05) is 11.4 Å². The zero-order valence-corrected chi connectivity index (χ0v) is 11.9. The molecule has 3 unspecified atom stereocenters. The summed E-state index contributed by atoms with van der Waals surface area (Å²) in [7, 11) is 0. The molecule has 1 aromatic carbocycles. The zero-order chi connectivity index (χ0) is 13.3. The van der Waals surface area contributed by atoms with Gasteiger partial charge in [0.05, 0.1) is 10.7 Å². The third-order valence-electron chi connectivity index (χ3n) is 4.01. The molecule has 1 aromatic rings. The fourth-order valence-electron chi connectivity index (χ4n) is 2.86. The maximum absolute atomic E-state index is 10.7. The summed E-state index contributed by atoms with van der Waals surface area (Å²) < 4.78 is 0. The SMILES string of the molecule is CC1CC(C)C(C)N(c2ccc(C=O)cc2Cl)C1. The molecule has 3 heteroatoms. The molecule has 0 N–H and O–H groups in total. The minimum Gasteiger partial charge on any atom is -0.367 e. The third kappa shape index (κ3) is 2.54. The van der Waals surface area contributed by atoms with Gasteiger partial charge in [0.15, 0.2) is 0 Å². The molecule has 1 aliphatic heterocycles. The number of carbonyl (C=O) groups excluding carboxylic acids is 1. The number of anilines is 1. The van der Waals surface area contributed by atoms with E-state index in [1.54, 1.807) is 6.07 Å². The minimum atomic E-state index is 0.487. The van der Waals surface area contributed by atoms with E-state index in [0.29, 0.717) is 28.5 Å². The maximum atomic E-state index is 10.7. The van der Waals surface area contributed by atoms with Crippen molar-refractivity contribution in [2.24, 2.45) is 11.8 Å². The van der Waals surface area contributed by atoms with Crippen LogP contribution in [0.1, 0.15) is 37.6 Å². The number of rotatable bonds is 2. The van der Waals surface area contributed by atoms with E-state index in [4.69, 9.17) is 11.6 Å². The van der Waals surface area contributed by atoms with E-state index >= 15 is 0 Å². The van der Waals surface area contributed by atoms with Gasteiger partial charge < -0.3 is 4.90 Å². The molecule has 2 rings (SSSR count). The predicted molar refractivity (Wildman–Crippen MR) is 76.6 cm³/mol. The van der Waals surface area contributed by atoms with Crippen LogP contribution >= 0.6 is 11.6 Å². The normalized spacial score (nSPS) is 28.2. The number of carbonyl (C=O) groups is 1. The Hall–Kier alpha value is -1.02. The van der Waals surface area contributed by atoms with Crippen molar-refractivity contribution in [2.45, 2.75) is 33.2 Å². The first-order valence-corrected chi connectivity index (χ1v) is 6.92. The monoisotopic (exact) mass is 265 g/mol. The first-order valence-electron chi connectivity index (χ1n) is 6.54. The summed E-state index contributed by atoms with van der Waals surface area (Å²) in [6, 6.07) is 6.04. The van der Waals surface area contributed by atoms with Crippen molar-refractivity contribution < 1.29 is 4.79 Å². The van der Waals surface area contributed by atoms with Gasteiger partial charge in [0, 0.05) is 18.2 Å². The molecule has 0 radical (unpaired) electrons. The molecule has 1 aliphatic rings. The van der Waals surface area contributed by atoms with E-state index < -0.39 is 0 Å². The van der Waals surface area contributed by atoms with Gasteiger partial charge in [-0.25, -0.2) is 0 Å². The van der Waals surface area contributed by atoms with Gasteiger partial charge in [0.25, 0.3) is 0 Å². The van der Waals surface area contributed by atoms with Crippen molar-refractivity contribution in [1.82, 2.24) is 0 Å². The van der Waals surface area contributed by atoms with Crippen molar-refractivity contribution in [3.05, 3.63) is 28.8 Å². The van der Waals surface area contributed by atoms with Gasteiger partial charge in [0.1, 0.15) is 6.29 Å². The lowest BCUT2D eigenvalue weighted by molar-refractivity contribution is 0.112. The lowest BCUT2D eigenvalue weighted by Crippen LogP contribution is -2.46. The summed E-state index contributed by atoms with van der Waals surface area (Å²) in [5, 5.41) is 0.674. The van der Waals surface area contributed by atoms with Gasteiger partial charge in [-0.2, -0.15) is 0 Å². The fourth-order valence-corrected chi connectivity index (χ4v) is 3.16. The van der Waals surface area contributed by atoms with Crippen molar-refractivity contribution in [1.29, 1.82) is 0 Å². The van der Waals surface area contributed by atoms with Gasteiger partial charge >= 0.3 is 0 Å². The topological polar surface area (TPSA) is 20.3 Å². The third-order valence-corrected chi connectivity index (χ3v) is 4.32. The molecule has 0 spiro atoms. The zero-order valence-electron chi connectivity index (χ0n) is 11.2. The molecular weight excluding hydrogens is 246 g/mol. The largest absolute Gasteiger partial charge is 0.367 e. The lowest BCUT2D eigenvalue weighted by atomic mass is 9.85. The van der Waals surface area contributed by atoms with Crippen LogP contribution in [0.4, 0.5) is 5.69 Å². The Morgan fingerprint density at radius 2 is 2.06 bits per heavy atom. The van der Waals surface area contributed by atoms with Gasteiger partial charge in [0.2, 0.25) is 0 Å². The van der Waals surface area contributed by atoms with Gasteiger partial charge in [-0.15, -0.1) is 0 Å². The van der Waals surface area contributed by atoms with Crippen LogP contribution in [0.15, 0.2) is 18.2 Å². The Balaban J connectivity index is 2.32. The minimum absolute atomic E-state index is 0.487. The average molecular weight is 266 g/mol. The van der Waals surface area contributed by atoms with Crippen LogP contribution in [0, 0.1) is 11.8 Å². The first-order chi connectivity index (χ1) is 8.52.